The highest BCUT2D eigenvalue weighted by Gasteiger charge is 2.15. The fourth-order valence-electron chi connectivity index (χ4n) is 2.25. The molecule has 2 rings (SSSR count). The minimum absolute atomic E-state index is 0.130. The average Bonchev–Trinajstić information content (AvgIpc) is 2.43. The topological polar surface area (TPSA) is 24.9 Å². The highest BCUT2D eigenvalue weighted by atomic mass is 79.9. The second-order valence-electron chi connectivity index (χ2n) is 4.82. The minimum atomic E-state index is -0.222. The van der Waals surface area contributed by atoms with E-state index in [2.05, 4.69) is 39.2 Å². The van der Waals surface area contributed by atoms with Crippen LogP contribution in [0.2, 0.25) is 0 Å². The lowest BCUT2D eigenvalue weighted by molar-refractivity contribution is 0.543. The van der Waals surface area contributed by atoms with Gasteiger partial charge in [-0.25, -0.2) is 4.39 Å². The first-order chi connectivity index (χ1) is 9.61. The van der Waals surface area contributed by atoms with Crippen LogP contribution in [0.5, 0.6) is 0 Å². The molecule has 2 aromatic rings. The maximum absolute atomic E-state index is 13.6. The molecule has 20 heavy (non-hydrogen) atoms. The van der Waals surface area contributed by atoms with Crippen LogP contribution in [0, 0.1) is 12.7 Å². The summed E-state index contributed by atoms with van der Waals surface area (Å²) in [5, 5.41) is 3.44. The van der Waals surface area contributed by atoms with Crippen LogP contribution in [0.4, 0.5) is 4.39 Å². The van der Waals surface area contributed by atoms with Gasteiger partial charge in [-0.1, -0.05) is 25.1 Å². The molecule has 0 radical (unpaired) electrons. The summed E-state index contributed by atoms with van der Waals surface area (Å²) >= 11 is 3.33. The van der Waals surface area contributed by atoms with E-state index in [1.165, 1.54) is 6.07 Å². The van der Waals surface area contributed by atoms with Gasteiger partial charge in [-0.3, -0.25) is 4.98 Å². The Hall–Kier alpha value is -1.26. The van der Waals surface area contributed by atoms with Crippen molar-refractivity contribution in [1.82, 2.24) is 10.3 Å². The maximum atomic E-state index is 13.6. The quantitative estimate of drug-likeness (QED) is 0.885. The third kappa shape index (κ3) is 3.64. The second kappa shape index (κ2) is 6.95. The Bertz CT molecular complexity index is 586. The highest BCUT2D eigenvalue weighted by Crippen LogP contribution is 2.26. The Morgan fingerprint density at radius 2 is 2.15 bits per heavy atom. The summed E-state index contributed by atoms with van der Waals surface area (Å²) in [5.74, 6) is -0.222. The van der Waals surface area contributed by atoms with Crippen molar-refractivity contribution in [3.63, 3.8) is 0 Å². The molecule has 0 bridgehead atoms. The van der Waals surface area contributed by atoms with Gasteiger partial charge in [0.2, 0.25) is 0 Å². The Morgan fingerprint density at radius 1 is 1.35 bits per heavy atom. The lowest BCUT2D eigenvalue weighted by atomic mass is 9.99. The van der Waals surface area contributed by atoms with E-state index in [-0.39, 0.29) is 11.9 Å². The molecule has 0 aliphatic carbocycles. The van der Waals surface area contributed by atoms with Crippen molar-refractivity contribution in [2.24, 2.45) is 0 Å². The fraction of sp³-hybridized carbons (Fsp3) is 0.312. The Morgan fingerprint density at radius 3 is 2.85 bits per heavy atom. The van der Waals surface area contributed by atoms with Crippen LogP contribution in [0.15, 0.2) is 41.1 Å². The summed E-state index contributed by atoms with van der Waals surface area (Å²) in [5.41, 5.74) is 3.21. The molecule has 0 saturated heterocycles. The number of halogens is 2. The predicted molar refractivity (Wildman–Crippen MR) is 83.2 cm³/mol. The number of likely N-dealkylation sites (N-methyl/N-ethyl adjacent to an activating group) is 1. The van der Waals surface area contributed by atoms with Crippen molar-refractivity contribution in [1.29, 1.82) is 0 Å². The smallest absolute Gasteiger partial charge is 0.137 e. The predicted octanol–water partition coefficient (Wildman–Crippen LogP) is 4.18. The highest BCUT2D eigenvalue weighted by molar-refractivity contribution is 9.10. The Labute approximate surface area is 127 Å². The van der Waals surface area contributed by atoms with Crippen molar-refractivity contribution >= 4 is 15.9 Å². The van der Waals surface area contributed by atoms with Gasteiger partial charge >= 0.3 is 0 Å². The number of hydrogen-bond acceptors (Lipinski definition) is 2. The molecular weight excluding hydrogens is 319 g/mol. The summed E-state index contributed by atoms with van der Waals surface area (Å²) in [6.45, 7) is 4.94. The number of benzene rings is 1. The van der Waals surface area contributed by atoms with Crippen molar-refractivity contribution in [3.05, 3.63) is 63.6 Å². The molecule has 4 heteroatoms. The van der Waals surface area contributed by atoms with Crippen LogP contribution in [0.25, 0.3) is 0 Å². The monoisotopic (exact) mass is 336 g/mol. The molecule has 0 aliphatic rings. The van der Waals surface area contributed by atoms with Gasteiger partial charge in [-0.05, 0) is 58.6 Å². The standard InChI is InChI=1S/C16H18BrFN2/c1-3-20-15(13-7-11(2)9-19-10-13)8-12-5-4-6-14(18)16(12)17/h4-7,9-10,15,20H,3,8H2,1-2H3. The first-order valence-electron chi connectivity index (χ1n) is 6.69. The van der Waals surface area contributed by atoms with E-state index in [1.807, 2.05) is 25.4 Å². The van der Waals surface area contributed by atoms with Gasteiger partial charge in [-0.15, -0.1) is 0 Å². The lowest BCUT2D eigenvalue weighted by Crippen LogP contribution is -2.23. The number of hydrogen-bond donors (Lipinski definition) is 1. The van der Waals surface area contributed by atoms with Gasteiger partial charge in [0, 0.05) is 18.4 Å². The third-order valence-electron chi connectivity index (χ3n) is 3.20. The molecule has 1 heterocycles. The van der Waals surface area contributed by atoms with Gasteiger partial charge in [-0.2, -0.15) is 0 Å². The number of rotatable bonds is 5. The van der Waals surface area contributed by atoms with E-state index >= 15 is 0 Å². The Kier molecular flexibility index (Phi) is 5.26. The third-order valence-corrected chi connectivity index (χ3v) is 4.09. The molecule has 106 valence electrons. The molecule has 0 amide bonds. The van der Waals surface area contributed by atoms with Gasteiger partial charge in [0.1, 0.15) is 5.82 Å². The van der Waals surface area contributed by atoms with Gasteiger partial charge < -0.3 is 5.32 Å². The van der Waals surface area contributed by atoms with Crippen LogP contribution < -0.4 is 5.32 Å². The minimum Gasteiger partial charge on any atom is -0.310 e. The van der Waals surface area contributed by atoms with Crippen molar-refractivity contribution in [2.45, 2.75) is 26.3 Å². The molecule has 1 unspecified atom stereocenters. The molecule has 1 aromatic carbocycles. The van der Waals surface area contributed by atoms with Gasteiger partial charge in [0.05, 0.1) is 4.47 Å². The SMILES string of the molecule is CCNC(Cc1cccc(F)c1Br)c1cncc(C)c1. The van der Waals surface area contributed by atoms with E-state index in [0.717, 1.165) is 29.7 Å². The van der Waals surface area contributed by atoms with E-state index in [1.54, 1.807) is 6.07 Å². The largest absolute Gasteiger partial charge is 0.310 e. The van der Waals surface area contributed by atoms with Gasteiger partial charge in [0.15, 0.2) is 0 Å². The molecule has 0 saturated carbocycles. The van der Waals surface area contributed by atoms with Crippen LogP contribution >= 0.6 is 15.9 Å². The molecule has 1 atom stereocenters. The molecule has 0 aliphatic heterocycles. The molecule has 1 aromatic heterocycles. The van der Waals surface area contributed by atoms with E-state index in [0.29, 0.717) is 4.47 Å². The van der Waals surface area contributed by atoms with Crippen molar-refractivity contribution < 1.29 is 4.39 Å². The van der Waals surface area contributed by atoms with Crippen LogP contribution in [0.3, 0.4) is 0 Å². The second-order valence-corrected chi connectivity index (χ2v) is 5.62. The van der Waals surface area contributed by atoms with Crippen LogP contribution in [0.1, 0.15) is 29.7 Å². The normalized spacial score (nSPS) is 12.4. The first kappa shape index (κ1) is 15.1. The summed E-state index contributed by atoms with van der Waals surface area (Å²) in [4.78, 5) is 4.24. The lowest BCUT2D eigenvalue weighted by Gasteiger charge is -2.19. The average molecular weight is 337 g/mol. The summed E-state index contributed by atoms with van der Waals surface area (Å²) in [6.07, 6.45) is 4.43. The maximum Gasteiger partial charge on any atom is 0.137 e. The van der Waals surface area contributed by atoms with Crippen LogP contribution in [-0.4, -0.2) is 11.5 Å². The zero-order chi connectivity index (χ0) is 14.5. The van der Waals surface area contributed by atoms with E-state index in [4.69, 9.17) is 0 Å². The molecule has 1 N–H and O–H groups in total. The van der Waals surface area contributed by atoms with E-state index < -0.39 is 0 Å². The molecular formula is C16H18BrFN2. The zero-order valence-electron chi connectivity index (χ0n) is 11.7. The molecule has 0 fully saturated rings. The number of pyridine rings is 1. The van der Waals surface area contributed by atoms with Gasteiger partial charge in [0.25, 0.3) is 0 Å². The van der Waals surface area contributed by atoms with Crippen molar-refractivity contribution in [2.75, 3.05) is 6.54 Å². The summed E-state index contributed by atoms with van der Waals surface area (Å²) in [7, 11) is 0. The zero-order valence-corrected chi connectivity index (χ0v) is 13.2. The summed E-state index contributed by atoms with van der Waals surface area (Å²) < 4.78 is 14.1. The fourth-order valence-corrected chi connectivity index (χ4v) is 2.68. The number of aromatic nitrogens is 1. The Balaban J connectivity index is 2.28. The number of aryl methyl sites for hydroxylation is 1. The first-order valence-corrected chi connectivity index (χ1v) is 7.49. The van der Waals surface area contributed by atoms with Crippen molar-refractivity contribution in [3.8, 4) is 0 Å². The van der Waals surface area contributed by atoms with Crippen LogP contribution in [-0.2, 0) is 6.42 Å². The molecule has 0 spiro atoms. The van der Waals surface area contributed by atoms with E-state index in [9.17, 15) is 4.39 Å². The number of nitrogens with one attached hydrogen (secondary N) is 1. The molecule has 2 nitrogen and oxygen atoms in total. The summed E-state index contributed by atoms with van der Waals surface area (Å²) in [6, 6.07) is 7.40. The number of nitrogens with zero attached hydrogens (tertiary/aromatic N) is 1.